The zero-order valence-corrected chi connectivity index (χ0v) is 13.1. The molecule has 1 saturated heterocycles. The second-order valence-corrected chi connectivity index (χ2v) is 7.01. The highest BCUT2D eigenvalue weighted by Gasteiger charge is 2.44. The third-order valence-corrected chi connectivity index (χ3v) is 5.34. The Morgan fingerprint density at radius 3 is 2.70 bits per heavy atom. The number of carbonyl (C=O) groups excluding carboxylic acids is 1. The van der Waals surface area contributed by atoms with Gasteiger partial charge >= 0.3 is 0 Å². The van der Waals surface area contributed by atoms with Crippen molar-refractivity contribution < 1.29 is 4.79 Å². The van der Waals surface area contributed by atoms with Gasteiger partial charge in [0, 0.05) is 16.2 Å². The van der Waals surface area contributed by atoms with E-state index in [9.17, 15) is 4.79 Å². The molecule has 1 aromatic carbocycles. The molecule has 1 saturated carbocycles. The molecule has 110 valence electrons. The minimum absolute atomic E-state index is 0. The Balaban J connectivity index is 0.00000147. The van der Waals surface area contributed by atoms with Gasteiger partial charge in [0.05, 0.1) is 6.04 Å². The molecule has 0 spiro atoms. The summed E-state index contributed by atoms with van der Waals surface area (Å²) in [6.07, 6.45) is 4.49. The maximum atomic E-state index is 12.0. The Bertz CT molecular complexity index is 444. The van der Waals surface area contributed by atoms with Gasteiger partial charge < -0.3 is 10.6 Å². The molecule has 1 aliphatic carbocycles. The van der Waals surface area contributed by atoms with Crippen LogP contribution in [0.25, 0.3) is 0 Å². The molecule has 2 fully saturated rings. The number of nitrogens with one attached hydrogen (secondary N) is 2. The van der Waals surface area contributed by atoms with Crippen molar-refractivity contribution in [2.24, 2.45) is 0 Å². The van der Waals surface area contributed by atoms with Crippen molar-refractivity contribution in [2.75, 3.05) is 13.1 Å². The van der Waals surface area contributed by atoms with Crippen molar-refractivity contribution in [3.05, 3.63) is 30.3 Å². The fraction of sp³-hybridized carbons (Fsp3) is 0.533. The molecule has 1 amide bonds. The number of hydrogen-bond acceptors (Lipinski definition) is 3. The number of amides is 1. The van der Waals surface area contributed by atoms with Gasteiger partial charge in [-0.15, -0.1) is 24.2 Å². The largest absolute Gasteiger partial charge is 0.353 e. The third kappa shape index (κ3) is 3.90. The van der Waals surface area contributed by atoms with Gasteiger partial charge in [-0.25, -0.2) is 0 Å². The van der Waals surface area contributed by atoms with Crippen LogP contribution in [0, 0.1) is 0 Å². The van der Waals surface area contributed by atoms with Crippen LogP contribution >= 0.6 is 24.2 Å². The van der Waals surface area contributed by atoms with E-state index in [4.69, 9.17) is 0 Å². The molecule has 3 rings (SSSR count). The maximum Gasteiger partial charge on any atom is 0.237 e. The number of thioether (sulfide) groups is 1. The molecular formula is C15H21ClN2OS. The first-order chi connectivity index (χ1) is 9.27. The maximum absolute atomic E-state index is 12.0. The van der Waals surface area contributed by atoms with Crippen molar-refractivity contribution in [1.82, 2.24) is 10.6 Å². The van der Waals surface area contributed by atoms with E-state index in [1.54, 1.807) is 0 Å². The number of rotatable bonds is 5. The van der Waals surface area contributed by atoms with Gasteiger partial charge in [-0.05, 0) is 44.4 Å². The van der Waals surface area contributed by atoms with Crippen LogP contribution < -0.4 is 10.6 Å². The van der Waals surface area contributed by atoms with E-state index in [2.05, 4.69) is 34.9 Å². The molecule has 0 bridgehead atoms. The molecule has 1 atom stereocenters. The molecule has 3 nitrogen and oxygen atoms in total. The van der Waals surface area contributed by atoms with Gasteiger partial charge in [0.25, 0.3) is 0 Å². The monoisotopic (exact) mass is 312 g/mol. The lowest BCUT2D eigenvalue weighted by Gasteiger charge is -2.17. The second-order valence-electron chi connectivity index (χ2n) is 5.46. The molecule has 0 radical (unpaired) electrons. The molecule has 2 aliphatic rings. The van der Waals surface area contributed by atoms with Crippen LogP contribution in [0.2, 0.25) is 0 Å². The van der Waals surface area contributed by atoms with E-state index in [0.717, 1.165) is 25.9 Å². The van der Waals surface area contributed by atoms with Crippen molar-refractivity contribution >= 4 is 30.1 Å². The standard InChI is InChI=1S/C15H20N2OS.ClH/c18-14(13-7-4-10-16-13)17-11-15(8-9-15)19-12-5-2-1-3-6-12;/h1-3,5-6,13,16H,4,7-11H2,(H,17,18);1H. The van der Waals surface area contributed by atoms with E-state index >= 15 is 0 Å². The first kappa shape index (κ1) is 15.7. The van der Waals surface area contributed by atoms with Crippen LogP contribution in [0.15, 0.2) is 35.2 Å². The summed E-state index contributed by atoms with van der Waals surface area (Å²) in [5.74, 6) is 0.178. The lowest BCUT2D eigenvalue weighted by atomic mass is 10.2. The van der Waals surface area contributed by atoms with Crippen LogP contribution in [-0.2, 0) is 4.79 Å². The van der Waals surface area contributed by atoms with Crippen molar-refractivity contribution in [3.63, 3.8) is 0 Å². The summed E-state index contributed by atoms with van der Waals surface area (Å²) < 4.78 is 0.246. The Morgan fingerprint density at radius 1 is 1.35 bits per heavy atom. The van der Waals surface area contributed by atoms with Gasteiger partial charge in [0.2, 0.25) is 5.91 Å². The summed E-state index contributed by atoms with van der Waals surface area (Å²) in [6.45, 7) is 1.77. The molecule has 20 heavy (non-hydrogen) atoms. The fourth-order valence-electron chi connectivity index (χ4n) is 2.47. The minimum atomic E-state index is 0. The van der Waals surface area contributed by atoms with Gasteiger partial charge in [0.15, 0.2) is 0 Å². The van der Waals surface area contributed by atoms with Crippen LogP contribution in [-0.4, -0.2) is 29.8 Å². The minimum Gasteiger partial charge on any atom is -0.353 e. The predicted molar refractivity (Wildman–Crippen MR) is 85.5 cm³/mol. The average molecular weight is 313 g/mol. The van der Waals surface area contributed by atoms with Gasteiger partial charge in [-0.3, -0.25) is 4.79 Å². The molecule has 2 N–H and O–H groups in total. The van der Waals surface area contributed by atoms with Crippen molar-refractivity contribution in [1.29, 1.82) is 0 Å². The number of hydrogen-bond donors (Lipinski definition) is 2. The zero-order chi connectivity index (χ0) is 13.1. The van der Waals surface area contributed by atoms with Crippen molar-refractivity contribution in [2.45, 2.75) is 41.4 Å². The Hall–Kier alpha value is -0.710. The molecule has 1 heterocycles. The Labute approximate surface area is 130 Å². The van der Waals surface area contributed by atoms with Crippen LogP contribution in [0.3, 0.4) is 0 Å². The van der Waals surface area contributed by atoms with Gasteiger partial charge in [-0.2, -0.15) is 0 Å². The van der Waals surface area contributed by atoms with Crippen molar-refractivity contribution in [3.8, 4) is 0 Å². The third-order valence-electron chi connectivity index (χ3n) is 3.85. The van der Waals surface area contributed by atoms with Gasteiger partial charge in [0.1, 0.15) is 0 Å². The molecule has 1 unspecified atom stereocenters. The summed E-state index contributed by atoms with van der Waals surface area (Å²) in [7, 11) is 0. The number of carbonyl (C=O) groups is 1. The average Bonchev–Trinajstić information content (AvgIpc) is 2.99. The number of halogens is 1. The summed E-state index contributed by atoms with van der Waals surface area (Å²) in [5, 5.41) is 6.37. The highest BCUT2D eigenvalue weighted by molar-refractivity contribution is 8.01. The molecule has 1 aromatic rings. The van der Waals surface area contributed by atoms with E-state index in [0.29, 0.717) is 0 Å². The topological polar surface area (TPSA) is 41.1 Å². The Morgan fingerprint density at radius 2 is 2.10 bits per heavy atom. The van der Waals surface area contributed by atoms with Gasteiger partial charge in [-0.1, -0.05) is 18.2 Å². The fourth-order valence-corrected chi connectivity index (χ4v) is 3.72. The predicted octanol–water partition coefficient (Wildman–Crippen LogP) is 2.60. The SMILES string of the molecule is Cl.O=C(NCC1(Sc2ccccc2)CC1)C1CCCN1. The lowest BCUT2D eigenvalue weighted by molar-refractivity contribution is -0.122. The number of benzene rings is 1. The van der Waals surface area contributed by atoms with E-state index in [-0.39, 0.29) is 29.1 Å². The van der Waals surface area contributed by atoms with Crippen LogP contribution in [0.4, 0.5) is 0 Å². The van der Waals surface area contributed by atoms with E-state index in [1.165, 1.54) is 17.7 Å². The summed E-state index contributed by atoms with van der Waals surface area (Å²) in [5.41, 5.74) is 0. The summed E-state index contributed by atoms with van der Waals surface area (Å²) >= 11 is 1.91. The highest BCUT2D eigenvalue weighted by Crippen LogP contribution is 2.51. The van der Waals surface area contributed by atoms with E-state index < -0.39 is 0 Å². The first-order valence-electron chi connectivity index (χ1n) is 7.03. The zero-order valence-electron chi connectivity index (χ0n) is 11.4. The van der Waals surface area contributed by atoms with Crippen LogP contribution in [0.5, 0.6) is 0 Å². The lowest BCUT2D eigenvalue weighted by Crippen LogP contribution is -2.43. The first-order valence-corrected chi connectivity index (χ1v) is 7.84. The second kappa shape index (κ2) is 6.83. The van der Waals surface area contributed by atoms with E-state index in [1.807, 2.05) is 17.8 Å². The molecular weight excluding hydrogens is 292 g/mol. The van der Waals surface area contributed by atoms with Crippen LogP contribution in [0.1, 0.15) is 25.7 Å². The molecule has 1 aliphatic heterocycles. The highest BCUT2D eigenvalue weighted by atomic mass is 35.5. The summed E-state index contributed by atoms with van der Waals surface area (Å²) in [4.78, 5) is 13.3. The smallest absolute Gasteiger partial charge is 0.237 e. The Kier molecular flexibility index (Phi) is 5.35. The normalized spacial score (nSPS) is 22.9. The molecule has 0 aromatic heterocycles. The summed E-state index contributed by atoms with van der Waals surface area (Å²) in [6, 6.07) is 10.5. The molecule has 5 heteroatoms. The quantitative estimate of drug-likeness (QED) is 0.878.